The summed E-state index contributed by atoms with van der Waals surface area (Å²) >= 11 is 0. The highest BCUT2D eigenvalue weighted by Gasteiger charge is 2.24. The van der Waals surface area contributed by atoms with Crippen LogP contribution in [0.2, 0.25) is 0 Å². The molecule has 0 aliphatic carbocycles. The van der Waals surface area contributed by atoms with Gasteiger partial charge in [-0.1, -0.05) is 18.2 Å². The van der Waals surface area contributed by atoms with Gasteiger partial charge in [0, 0.05) is 31.4 Å². The summed E-state index contributed by atoms with van der Waals surface area (Å²) in [5, 5.41) is 0. The van der Waals surface area contributed by atoms with Crippen LogP contribution in [0.25, 0.3) is 0 Å². The molecule has 0 amide bonds. The van der Waals surface area contributed by atoms with Gasteiger partial charge in [0.1, 0.15) is 0 Å². The van der Waals surface area contributed by atoms with E-state index in [9.17, 15) is 0 Å². The first-order valence-electron chi connectivity index (χ1n) is 6.81. The molecule has 2 unspecified atom stereocenters. The van der Waals surface area contributed by atoms with Gasteiger partial charge < -0.3 is 15.4 Å². The van der Waals surface area contributed by atoms with Crippen LogP contribution >= 0.6 is 0 Å². The number of para-hydroxylation sites is 1. The smallest absolute Gasteiger partial charge is 0.0503 e. The normalized spacial score (nSPS) is 24.3. The molecule has 1 heterocycles. The van der Waals surface area contributed by atoms with Crippen LogP contribution in [0.3, 0.4) is 0 Å². The number of piperidine rings is 1. The van der Waals surface area contributed by atoms with Crippen LogP contribution in [0, 0.1) is 0 Å². The van der Waals surface area contributed by atoms with Gasteiger partial charge in [0.15, 0.2) is 0 Å². The predicted molar refractivity (Wildman–Crippen MR) is 76.0 cm³/mol. The second-order valence-electron chi connectivity index (χ2n) is 5.20. The molecule has 1 saturated heterocycles. The van der Waals surface area contributed by atoms with Crippen LogP contribution in [0.4, 0.5) is 5.69 Å². The Bertz CT molecular complexity index is 381. The number of hydrogen-bond donors (Lipinski definition) is 1. The average molecular weight is 248 g/mol. The summed E-state index contributed by atoms with van der Waals surface area (Å²) in [4.78, 5) is 2.49. The molecule has 1 aliphatic heterocycles. The van der Waals surface area contributed by atoms with Gasteiger partial charge in [0.2, 0.25) is 0 Å². The number of benzene rings is 1. The molecule has 0 bridgehead atoms. The molecule has 18 heavy (non-hydrogen) atoms. The van der Waals surface area contributed by atoms with Crippen LogP contribution in [0.15, 0.2) is 24.3 Å². The lowest BCUT2D eigenvalue weighted by molar-refractivity contribution is 0.202. The number of ether oxygens (including phenoxy) is 1. The van der Waals surface area contributed by atoms with Crippen LogP contribution < -0.4 is 10.6 Å². The van der Waals surface area contributed by atoms with Gasteiger partial charge in [0.05, 0.1) is 6.61 Å². The third-order valence-corrected chi connectivity index (χ3v) is 3.79. The van der Waals surface area contributed by atoms with Crippen LogP contribution in [0.1, 0.15) is 25.3 Å². The van der Waals surface area contributed by atoms with E-state index in [1.807, 2.05) is 0 Å². The Labute approximate surface area is 110 Å². The Hall–Kier alpha value is -1.06. The summed E-state index contributed by atoms with van der Waals surface area (Å²) in [6, 6.07) is 9.54. The first-order valence-corrected chi connectivity index (χ1v) is 6.81. The van der Waals surface area contributed by atoms with Crippen molar-refractivity contribution in [2.75, 3.05) is 25.2 Å². The zero-order valence-electron chi connectivity index (χ0n) is 11.4. The van der Waals surface area contributed by atoms with Crippen LogP contribution in [-0.4, -0.2) is 32.3 Å². The van der Waals surface area contributed by atoms with Gasteiger partial charge >= 0.3 is 0 Å². The number of nitrogens with zero attached hydrogens (tertiary/aromatic N) is 1. The zero-order chi connectivity index (χ0) is 13.0. The second kappa shape index (κ2) is 6.21. The van der Waals surface area contributed by atoms with Gasteiger partial charge in [0.25, 0.3) is 0 Å². The van der Waals surface area contributed by atoms with Crippen molar-refractivity contribution in [1.82, 2.24) is 0 Å². The predicted octanol–water partition coefficient (Wildman–Crippen LogP) is 2.19. The number of anilines is 1. The Morgan fingerprint density at radius 1 is 1.39 bits per heavy atom. The Morgan fingerprint density at radius 2 is 2.17 bits per heavy atom. The van der Waals surface area contributed by atoms with Crippen molar-refractivity contribution in [2.45, 2.75) is 38.3 Å². The lowest BCUT2D eigenvalue weighted by Crippen LogP contribution is -2.46. The Balaban J connectivity index is 2.16. The molecule has 3 nitrogen and oxygen atoms in total. The zero-order valence-corrected chi connectivity index (χ0v) is 11.4. The van der Waals surface area contributed by atoms with E-state index in [0.29, 0.717) is 12.1 Å². The summed E-state index contributed by atoms with van der Waals surface area (Å²) in [5.74, 6) is 0. The van der Waals surface area contributed by atoms with Crippen molar-refractivity contribution in [3.05, 3.63) is 29.8 Å². The Kier molecular flexibility index (Phi) is 4.61. The number of nitrogens with two attached hydrogens (primary N) is 1. The van der Waals surface area contributed by atoms with E-state index in [1.54, 1.807) is 7.11 Å². The van der Waals surface area contributed by atoms with Crippen LogP contribution in [0.5, 0.6) is 0 Å². The molecule has 0 spiro atoms. The summed E-state index contributed by atoms with van der Waals surface area (Å²) < 4.78 is 5.19. The minimum atomic E-state index is 0.363. The third kappa shape index (κ3) is 3.03. The molecule has 2 atom stereocenters. The first-order chi connectivity index (χ1) is 8.72. The molecule has 1 aromatic rings. The highest BCUT2D eigenvalue weighted by Crippen LogP contribution is 2.27. The molecule has 0 saturated carbocycles. The molecule has 0 radical (unpaired) electrons. The molecule has 1 aromatic carbocycles. The SMILES string of the molecule is COCCc1ccccc1N1CCC(N)CC1C. The lowest BCUT2D eigenvalue weighted by Gasteiger charge is -2.39. The molecule has 0 aromatic heterocycles. The van der Waals surface area contributed by atoms with Crippen molar-refractivity contribution < 1.29 is 4.74 Å². The van der Waals surface area contributed by atoms with Gasteiger partial charge in [-0.3, -0.25) is 0 Å². The van der Waals surface area contributed by atoms with Gasteiger partial charge in [-0.15, -0.1) is 0 Å². The number of methoxy groups -OCH3 is 1. The fourth-order valence-corrected chi connectivity index (χ4v) is 2.78. The molecule has 3 heteroatoms. The molecular formula is C15H24N2O. The van der Waals surface area contributed by atoms with E-state index >= 15 is 0 Å². The summed E-state index contributed by atoms with van der Waals surface area (Å²) in [6.07, 6.45) is 3.14. The maximum Gasteiger partial charge on any atom is 0.0503 e. The van der Waals surface area contributed by atoms with E-state index in [1.165, 1.54) is 11.3 Å². The monoisotopic (exact) mass is 248 g/mol. The maximum atomic E-state index is 6.04. The van der Waals surface area contributed by atoms with E-state index in [2.05, 4.69) is 36.1 Å². The summed E-state index contributed by atoms with van der Waals surface area (Å²) in [7, 11) is 1.76. The standard InChI is InChI=1S/C15H24N2O/c1-12-11-14(16)7-9-17(12)15-6-4-3-5-13(15)8-10-18-2/h3-6,12,14H,7-11,16H2,1-2H3. The van der Waals surface area contributed by atoms with Crippen molar-refractivity contribution in [3.63, 3.8) is 0 Å². The van der Waals surface area contributed by atoms with E-state index in [4.69, 9.17) is 10.5 Å². The highest BCUT2D eigenvalue weighted by molar-refractivity contribution is 5.55. The quantitative estimate of drug-likeness (QED) is 0.887. The van der Waals surface area contributed by atoms with E-state index in [-0.39, 0.29) is 0 Å². The molecule has 2 rings (SSSR count). The van der Waals surface area contributed by atoms with Gasteiger partial charge in [-0.2, -0.15) is 0 Å². The average Bonchev–Trinajstić information content (AvgIpc) is 2.37. The van der Waals surface area contributed by atoms with Crippen molar-refractivity contribution in [3.8, 4) is 0 Å². The first kappa shape index (κ1) is 13.4. The summed E-state index contributed by atoms with van der Waals surface area (Å²) in [6.45, 7) is 4.11. The maximum absolute atomic E-state index is 6.04. The second-order valence-corrected chi connectivity index (χ2v) is 5.20. The van der Waals surface area contributed by atoms with E-state index < -0.39 is 0 Å². The fraction of sp³-hybridized carbons (Fsp3) is 0.600. The van der Waals surface area contributed by atoms with Crippen molar-refractivity contribution >= 4 is 5.69 Å². The van der Waals surface area contributed by atoms with Crippen molar-refractivity contribution in [1.29, 1.82) is 0 Å². The largest absolute Gasteiger partial charge is 0.384 e. The third-order valence-electron chi connectivity index (χ3n) is 3.79. The lowest BCUT2D eigenvalue weighted by atomic mass is 9.97. The molecule has 100 valence electrons. The molecule has 1 aliphatic rings. The number of rotatable bonds is 4. The van der Waals surface area contributed by atoms with E-state index in [0.717, 1.165) is 32.4 Å². The van der Waals surface area contributed by atoms with Gasteiger partial charge in [-0.05, 0) is 37.8 Å². The Morgan fingerprint density at radius 3 is 2.89 bits per heavy atom. The fourth-order valence-electron chi connectivity index (χ4n) is 2.78. The van der Waals surface area contributed by atoms with Crippen molar-refractivity contribution in [2.24, 2.45) is 5.73 Å². The molecular weight excluding hydrogens is 224 g/mol. The minimum Gasteiger partial charge on any atom is -0.384 e. The van der Waals surface area contributed by atoms with Gasteiger partial charge in [-0.25, -0.2) is 0 Å². The summed E-state index contributed by atoms with van der Waals surface area (Å²) in [5.41, 5.74) is 8.77. The minimum absolute atomic E-state index is 0.363. The van der Waals surface area contributed by atoms with Crippen LogP contribution in [-0.2, 0) is 11.2 Å². The highest BCUT2D eigenvalue weighted by atomic mass is 16.5. The molecule has 2 N–H and O–H groups in total. The number of hydrogen-bond acceptors (Lipinski definition) is 3. The topological polar surface area (TPSA) is 38.5 Å². The molecule has 1 fully saturated rings.